The molecule has 2 heterocycles. The van der Waals surface area contributed by atoms with Crippen molar-refractivity contribution in [1.29, 1.82) is 0 Å². The Morgan fingerprint density at radius 3 is 3.27 bits per heavy atom. The molecule has 0 unspecified atom stereocenters. The fourth-order valence-electron chi connectivity index (χ4n) is 1.10. The van der Waals surface area contributed by atoms with Crippen LogP contribution in [0.1, 0.15) is 6.92 Å². The maximum atomic E-state index is 4.10. The van der Waals surface area contributed by atoms with Gasteiger partial charge in [-0.25, -0.2) is 0 Å². The van der Waals surface area contributed by atoms with Gasteiger partial charge in [-0.2, -0.15) is 5.10 Å². The second kappa shape index (κ2) is 2.27. The monoisotopic (exact) mass is 147 g/mol. The van der Waals surface area contributed by atoms with Crippen molar-refractivity contribution in [3.8, 4) is 0 Å². The van der Waals surface area contributed by atoms with Crippen molar-refractivity contribution >= 4 is 5.84 Å². The SMILES string of the molecule is CC=C1NN=C2C=CC=CN12. The largest absolute Gasteiger partial charge is 0.285 e. The van der Waals surface area contributed by atoms with Crippen LogP contribution in [-0.2, 0) is 0 Å². The van der Waals surface area contributed by atoms with Gasteiger partial charge in [-0.15, -0.1) is 0 Å². The first-order valence-electron chi connectivity index (χ1n) is 3.56. The van der Waals surface area contributed by atoms with Crippen molar-refractivity contribution in [1.82, 2.24) is 10.3 Å². The average Bonchev–Trinajstić information content (AvgIpc) is 2.47. The summed E-state index contributed by atoms with van der Waals surface area (Å²) in [6, 6.07) is 0. The third-order valence-corrected chi connectivity index (χ3v) is 1.66. The summed E-state index contributed by atoms with van der Waals surface area (Å²) in [6.07, 6.45) is 9.88. The first kappa shape index (κ1) is 6.22. The lowest BCUT2D eigenvalue weighted by Crippen LogP contribution is -2.21. The van der Waals surface area contributed by atoms with Crippen molar-refractivity contribution < 1.29 is 0 Å². The number of rotatable bonds is 0. The number of amidine groups is 1. The van der Waals surface area contributed by atoms with Crippen LogP contribution in [0.25, 0.3) is 0 Å². The van der Waals surface area contributed by atoms with Gasteiger partial charge in [-0.1, -0.05) is 6.08 Å². The van der Waals surface area contributed by atoms with Crippen molar-refractivity contribution in [3.05, 3.63) is 36.3 Å². The van der Waals surface area contributed by atoms with E-state index in [9.17, 15) is 0 Å². The molecule has 3 nitrogen and oxygen atoms in total. The molecule has 0 aromatic rings. The van der Waals surface area contributed by atoms with Crippen molar-refractivity contribution in [2.24, 2.45) is 5.10 Å². The molecule has 0 saturated heterocycles. The summed E-state index contributed by atoms with van der Waals surface area (Å²) in [5.41, 5.74) is 2.92. The van der Waals surface area contributed by atoms with E-state index in [2.05, 4.69) is 10.5 Å². The fraction of sp³-hybridized carbons (Fsp3) is 0.125. The lowest BCUT2D eigenvalue weighted by molar-refractivity contribution is 0.665. The van der Waals surface area contributed by atoms with Crippen LogP contribution < -0.4 is 5.43 Å². The highest BCUT2D eigenvalue weighted by Gasteiger charge is 2.17. The summed E-state index contributed by atoms with van der Waals surface area (Å²) in [4.78, 5) is 2.00. The molecule has 0 atom stereocenters. The maximum absolute atomic E-state index is 4.10. The quantitative estimate of drug-likeness (QED) is 0.556. The molecule has 2 aliphatic rings. The van der Waals surface area contributed by atoms with E-state index in [4.69, 9.17) is 0 Å². The summed E-state index contributed by atoms with van der Waals surface area (Å²) in [5.74, 6) is 1.96. The molecule has 0 saturated carbocycles. The molecule has 0 spiro atoms. The van der Waals surface area contributed by atoms with E-state index >= 15 is 0 Å². The van der Waals surface area contributed by atoms with Crippen LogP contribution >= 0.6 is 0 Å². The van der Waals surface area contributed by atoms with Crippen molar-refractivity contribution in [3.63, 3.8) is 0 Å². The first-order chi connectivity index (χ1) is 5.42. The predicted molar refractivity (Wildman–Crippen MR) is 44.4 cm³/mol. The molecule has 0 radical (unpaired) electrons. The van der Waals surface area contributed by atoms with Crippen LogP contribution in [0.5, 0.6) is 0 Å². The van der Waals surface area contributed by atoms with Crippen molar-refractivity contribution in [2.75, 3.05) is 0 Å². The van der Waals surface area contributed by atoms with Crippen LogP contribution in [0.15, 0.2) is 41.4 Å². The topological polar surface area (TPSA) is 27.6 Å². The van der Waals surface area contributed by atoms with E-state index in [1.165, 1.54) is 0 Å². The number of hydrogen-bond donors (Lipinski definition) is 1. The van der Waals surface area contributed by atoms with Gasteiger partial charge in [0.15, 0.2) is 5.84 Å². The number of hydrazone groups is 1. The van der Waals surface area contributed by atoms with Crippen molar-refractivity contribution in [2.45, 2.75) is 6.92 Å². The Morgan fingerprint density at radius 1 is 1.55 bits per heavy atom. The second-order valence-electron chi connectivity index (χ2n) is 2.33. The first-order valence-corrected chi connectivity index (χ1v) is 3.56. The Hall–Kier alpha value is -1.51. The maximum Gasteiger partial charge on any atom is 0.158 e. The lowest BCUT2D eigenvalue weighted by atomic mass is 10.3. The van der Waals surface area contributed by atoms with Gasteiger partial charge in [0.05, 0.1) is 0 Å². The lowest BCUT2D eigenvalue weighted by Gasteiger charge is -2.15. The molecule has 2 aliphatic heterocycles. The number of hydrogen-bond acceptors (Lipinski definition) is 3. The molecule has 0 amide bonds. The van der Waals surface area contributed by atoms with E-state index in [1.807, 2.05) is 42.3 Å². The Morgan fingerprint density at radius 2 is 2.45 bits per heavy atom. The summed E-state index contributed by atoms with van der Waals surface area (Å²) in [7, 11) is 0. The van der Waals surface area contributed by atoms with Crippen LogP contribution in [0.4, 0.5) is 0 Å². The molecular weight excluding hydrogens is 138 g/mol. The summed E-state index contributed by atoms with van der Waals surface area (Å²) in [5, 5.41) is 4.10. The van der Waals surface area contributed by atoms with E-state index in [0.717, 1.165) is 11.7 Å². The summed E-state index contributed by atoms with van der Waals surface area (Å²) < 4.78 is 0. The minimum Gasteiger partial charge on any atom is -0.285 e. The van der Waals surface area contributed by atoms with E-state index in [-0.39, 0.29) is 0 Å². The van der Waals surface area contributed by atoms with Gasteiger partial charge in [0, 0.05) is 6.20 Å². The normalized spacial score (nSPS) is 23.5. The zero-order chi connectivity index (χ0) is 7.68. The van der Waals surface area contributed by atoms with Gasteiger partial charge < -0.3 is 0 Å². The van der Waals surface area contributed by atoms with Crippen LogP contribution in [0, 0.1) is 0 Å². The Balaban J connectivity index is 2.35. The van der Waals surface area contributed by atoms with Gasteiger partial charge >= 0.3 is 0 Å². The van der Waals surface area contributed by atoms with Crippen LogP contribution in [0.2, 0.25) is 0 Å². The smallest absolute Gasteiger partial charge is 0.158 e. The Kier molecular flexibility index (Phi) is 1.28. The zero-order valence-electron chi connectivity index (χ0n) is 6.28. The number of nitrogens with zero attached hydrogens (tertiary/aromatic N) is 2. The Bertz CT molecular complexity index is 284. The van der Waals surface area contributed by atoms with E-state index < -0.39 is 0 Å². The van der Waals surface area contributed by atoms with Crippen LogP contribution in [-0.4, -0.2) is 10.7 Å². The van der Waals surface area contributed by atoms with Gasteiger partial charge in [-0.05, 0) is 25.2 Å². The number of fused-ring (bicyclic) bond motifs is 1. The molecule has 0 aliphatic carbocycles. The standard InChI is InChI=1S/C8H9N3/c1-2-7-9-10-8-5-3-4-6-11(7)8/h2-6,9H,1H3. The molecule has 2 rings (SSSR count). The number of allylic oxidation sites excluding steroid dienone is 3. The fourth-order valence-corrected chi connectivity index (χ4v) is 1.10. The summed E-state index contributed by atoms with van der Waals surface area (Å²) in [6.45, 7) is 1.98. The third-order valence-electron chi connectivity index (χ3n) is 1.66. The molecule has 1 N–H and O–H groups in total. The van der Waals surface area contributed by atoms with Gasteiger partial charge in [0.2, 0.25) is 0 Å². The highest BCUT2D eigenvalue weighted by Crippen LogP contribution is 2.13. The zero-order valence-corrected chi connectivity index (χ0v) is 6.28. The molecule has 0 fully saturated rings. The van der Waals surface area contributed by atoms with Crippen LogP contribution in [0.3, 0.4) is 0 Å². The van der Waals surface area contributed by atoms with E-state index in [0.29, 0.717) is 0 Å². The second-order valence-corrected chi connectivity index (χ2v) is 2.33. The Labute approximate surface area is 65.4 Å². The van der Waals surface area contributed by atoms with Gasteiger partial charge in [0.1, 0.15) is 5.82 Å². The summed E-state index contributed by atoms with van der Waals surface area (Å²) >= 11 is 0. The minimum absolute atomic E-state index is 0.945. The van der Waals surface area contributed by atoms with Gasteiger partial charge in [0.25, 0.3) is 0 Å². The highest BCUT2D eigenvalue weighted by molar-refractivity contribution is 5.97. The molecular formula is C8H9N3. The minimum atomic E-state index is 0.945. The molecule has 3 heteroatoms. The molecule has 0 aromatic heterocycles. The molecule has 56 valence electrons. The molecule has 0 aromatic carbocycles. The predicted octanol–water partition coefficient (Wildman–Crippen LogP) is 1.15. The molecule has 11 heavy (non-hydrogen) atoms. The van der Waals surface area contributed by atoms with E-state index in [1.54, 1.807) is 0 Å². The third kappa shape index (κ3) is 0.852. The van der Waals surface area contributed by atoms with Gasteiger partial charge in [-0.3, -0.25) is 10.3 Å². The average molecular weight is 147 g/mol. The number of nitrogens with one attached hydrogen (secondary N) is 1. The molecule has 0 bridgehead atoms. The highest BCUT2D eigenvalue weighted by atomic mass is 15.5.